The maximum absolute atomic E-state index is 12.0. The van der Waals surface area contributed by atoms with E-state index in [1.807, 2.05) is 0 Å². The Morgan fingerprint density at radius 3 is 2.65 bits per heavy atom. The minimum atomic E-state index is -3.86. The van der Waals surface area contributed by atoms with Crippen molar-refractivity contribution in [3.05, 3.63) is 64.1 Å². The molecular weight excluding hydrogens is 280 g/mol. The van der Waals surface area contributed by atoms with Gasteiger partial charge in [0.2, 0.25) is 15.5 Å². The molecule has 0 fully saturated rings. The Morgan fingerprint density at radius 2 is 1.95 bits per heavy atom. The van der Waals surface area contributed by atoms with Crippen molar-refractivity contribution in [2.45, 2.75) is 18.0 Å². The van der Waals surface area contributed by atoms with Gasteiger partial charge in [-0.15, -0.1) is 0 Å². The highest BCUT2D eigenvalue weighted by Gasteiger charge is 2.17. The number of hydrogen-bond donors (Lipinski definition) is 3. The van der Waals surface area contributed by atoms with Crippen LogP contribution in [0.15, 0.2) is 52.4 Å². The van der Waals surface area contributed by atoms with E-state index in [9.17, 15) is 13.2 Å². The van der Waals surface area contributed by atoms with Gasteiger partial charge >= 0.3 is 0 Å². The smallest absolute Gasteiger partial charge is 0.246 e. The van der Waals surface area contributed by atoms with Gasteiger partial charge in [-0.05, 0) is 11.1 Å². The summed E-state index contributed by atoms with van der Waals surface area (Å²) in [6.45, 7) is -0.0660. The topological polar surface area (TPSA) is 99.3 Å². The molecule has 1 aromatic carbocycles. The van der Waals surface area contributed by atoms with Gasteiger partial charge in [-0.1, -0.05) is 24.3 Å². The Morgan fingerprint density at radius 1 is 1.20 bits per heavy atom. The number of sulfonamides is 1. The molecule has 0 saturated heterocycles. The molecule has 20 heavy (non-hydrogen) atoms. The minimum absolute atomic E-state index is 0.0461. The SMILES string of the molecule is O=c1cc[nH]cc1S(=O)(=O)NCc1cccc(CO)c1. The molecule has 106 valence electrons. The monoisotopic (exact) mass is 294 g/mol. The van der Waals surface area contributed by atoms with Crippen LogP contribution in [0.1, 0.15) is 11.1 Å². The third kappa shape index (κ3) is 3.32. The lowest BCUT2D eigenvalue weighted by Crippen LogP contribution is -2.28. The van der Waals surface area contributed by atoms with Gasteiger partial charge in [0.05, 0.1) is 6.61 Å². The highest BCUT2D eigenvalue weighted by molar-refractivity contribution is 7.89. The Hall–Kier alpha value is -1.96. The van der Waals surface area contributed by atoms with Crippen LogP contribution < -0.4 is 10.2 Å². The zero-order chi connectivity index (χ0) is 14.6. The van der Waals surface area contributed by atoms with Gasteiger partial charge in [0.25, 0.3) is 0 Å². The van der Waals surface area contributed by atoms with Crippen molar-refractivity contribution < 1.29 is 13.5 Å². The molecule has 6 nitrogen and oxygen atoms in total. The summed E-state index contributed by atoms with van der Waals surface area (Å²) in [7, 11) is -3.86. The van der Waals surface area contributed by atoms with E-state index in [2.05, 4.69) is 9.71 Å². The van der Waals surface area contributed by atoms with Crippen molar-refractivity contribution in [3.8, 4) is 0 Å². The zero-order valence-electron chi connectivity index (χ0n) is 10.5. The van der Waals surface area contributed by atoms with Crippen molar-refractivity contribution in [2.75, 3.05) is 0 Å². The molecule has 7 heteroatoms. The predicted molar refractivity (Wildman–Crippen MR) is 73.5 cm³/mol. The molecule has 3 N–H and O–H groups in total. The fraction of sp³-hybridized carbons (Fsp3) is 0.154. The van der Waals surface area contributed by atoms with E-state index in [1.165, 1.54) is 6.20 Å². The molecule has 0 radical (unpaired) electrons. The van der Waals surface area contributed by atoms with Crippen LogP contribution >= 0.6 is 0 Å². The van der Waals surface area contributed by atoms with E-state index in [4.69, 9.17) is 5.11 Å². The molecule has 0 aliphatic heterocycles. The quantitative estimate of drug-likeness (QED) is 0.740. The maximum Gasteiger partial charge on any atom is 0.246 e. The minimum Gasteiger partial charge on any atom is -0.392 e. The van der Waals surface area contributed by atoms with Gasteiger partial charge in [0.15, 0.2) is 0 Å². The van der Waals surface area contributed by atoms with Crippen molar-refractivity contribution in [3.63, 3.8) is 0 Å². The van der Waals surface area contributed by atoms with Crippen molar-refractivity contribution in [1.82, 2.24) is 9.71 Å². The summed E-state index contributed by atoms with van der Waals surface area (Å²) in [5.41, 5.74) is 0.826. The summed E-state index contributed by atoms with van der Waals surface area (Å²) in [5, 5.41) is 9.02. The van der Waals surface area contributed by atoms with Gasteiger partial charge in [-0.25, -0.2) is 13.1 Å². The third-order valence-electron chi connectivity index (χ3n) is 2.72. The fourth-order valence-corrected chi connectivity index (χ4v) is 2.77. The number of rotatable bonds is 5. The summed E-state index contributed by atoms with van der Waals surface area (Å²) in [5.74, 6) is 0. The number of aromatic amines is 1. The summed E-state index contributed by atoms with van der Waals surface area (Å²) in [6.07, 6.45) is 2.51. The zero-order valence-corrected chi connectivity index (χ0v) is 11.4. The Balaban J connectivity index is 2.17. The lowest BCUT2D eigenvalue weighted by molar-refractivity contribution is 0.281. The summed E-state index contributed by atoms with van der Waals surface area (Å²) in [6, 6.07) is 8.04. The van der Waals surface area contributed by atoms with Crippen molar-refractivity contribution in [2.24, 2.45) is 0 Å². The predicted octanol–water partition coefficient (Wildman–Crippen LogP) is 0.346. The van der Waals surface area contributed by atoms with Gasteiger partial charge in [-0.3, -0.25) is 4.79 Å². The number of nitrogens with one attached hydrogen (secondary N) is 2. The molecular formula is C13H14N2O4S. The van der Waals surface area contributed by atoms with E-state index in [1.54, 1.807) is 24.3 Å². The average molecular weight is 294 g/mol. The Kier molecular flexibility index (Phi) is 4.33. The molecule has 0 amide bonds. The van der Waals surface area contributed by atoms with E-state index >= 15 is 0 Å². The van der Waals surface area contributed by atoms with E-state index < -0.39 is 15.5 Å². The lowest BCUT2D eigenvalue weighted by atomic mass is 10.1. The van der Waals surface area contributed by atoms with Crippen LogP contribution in [0.5, 0.6) is 0 Å². The third-order valence-corrected chi connectivity index (χ3v) is 4.14. The molecule has 0 atom stereocenters. The first kappa shape index (κ1) is 14.4. The van der Waals surface area contributed by atoms with Crippen LogP contribution in [-0.2, 0) is 23.2 Å². The second-order valence-corrected chi connectivity index (χ2v) is 5.91. The summed E-state index contributed by atoms with van der Waals surface area (Å²) in [4.78, 5) is 13.8. The van der Waals surface area contributed by atoms with Crippen LogP contribution in [0.4, 0.5) is 0 Å². The van der Waals surface area contributed by atoms with Gasteiger partial charge in [0.1, 0.15) is 4.90 Å². The first-order chi connectivity index (χ1) is 9.53. The molecule has 1 aromatic heterocycles. The molecule has 2 rings (SSSR count). The van der Waals surface area contributed by atoms with Crippen LogP contribution in [0, 0.1) is 0 Å². The van der Waals surface area contributed by atoms with Crippen LogP contribution in [0.2, 0.25) is 0 Å². The number of hydrogen-bond acceptors (Lipinski definition) is 4. The molecule has 0 aliphatic rings. The number of aliphatic hydroxyl groups excluding tert-OH is 1. The molecule has 0 bridgehead atoms. The molecule has 0 saturated carbocycles. The first-order valence-corrected chi connectivity index (χ1v) is 7.37. The first-order valence-electron chi connectivity index (χ1n) is 5.88. The average Bonchev–Trinajstić information content (AvgIpc) is 2.46. The Labute approximate surface area is 116 Å². The number of aliphatic hydroxyl groups is 1. The number of aromatic nitrogens is 1. The largest absolute Gasteiger partial charge is 0.392 e. The standard InChI is InChI=1S/C13H14N2O4S/c16-9-11-3-1-2-10(6-11)7-15-20(18,19)13-8-14-5-4-12(13)17/h1-6,8,15-16H,7,9H2,(H,14,17). The normalized spacial score (nSPS) is 11.4. The molecule has 0 aliphatic carbocycles. The molecule has 0 spiro atoms. The summed E-state index contributed by atoms with van der Waals surface area (Å²) >= 11 is 0. The fourth-order valence-electron chi connectivity index (χ4n) is 1.70. The highest BCUT2D eigenvalue weighted by Crippen LogP contribution is 2.07. The van der Waals surface area contributed by atoms with Gasteiger partial charge in [0, 0.05) is 25.0 Å². The second-order valence-electron chi connectivity index (χ2n) is 4.18. The van der Waals surface area contributed by atoms with E-state index in [0.717, 1.165) is 12.3 Å². The Bertz CT molecular complexity index is 753. The lowest BCUT2D eigenvalue weighted by Gasteiger charge is -2.07. The van der Waals surface area contributed by atoms with Crippen LogP contribution in [0.25, 0.3) is 0 Å². The molecule has 0 unspecified atom stereocenters. The van der Waals surface area contributed by atoms with Crippen LogP contribution in [0.3, 0.4) is 0 Å². The molecule has 2 aromatic rings. The van der Waals surface area contributed by atoms with E-state index in [0.29, 0.717) is 11.1 Å². The second kappa shape index (κ2) is 6.00. The van der Waals surface area contributed by atoms with Crippen molar-refractivity contribution in [1.29, 1.82) is 0 Å². The maximum atomic E-state index is 12.0. The van der Waals surface area contributed by atoms with Crippen LogP contribution in [-0.4, -0.2) is 18.5 Å². The summed E-state index contributed by atoms with van der Waals surface area (Å²) < 4.78 is 26.4. The number of benzene rings is 1. The van der Waals surface area contributed by atoms with Gasteiger partial charge in [-0.2, -0.15) is 0 Å². The van der Waals surface area contributed by atoms with Crippen molar-refractivity contribution >= 4 is 10.0 Å². The van der Waals surface area contributed by atoms with Gasteiger partial charge < -0.3 is 10.1 Å². The number of pyridine rings is 1. The number of H-pyrrole nitrogens is 1. The van der Waals surface area contributed by atoms with E-state index in [-0.39, 0.29) is 18.0 Å². The highest BCUT2D eigenvalue weighted by atomic mass is 32.2. The molecule has 1 heterocycles.